The molecule has 7 heteroatoms. The number of aromatic nitrogens is 1. The Labute approximate surface area is 184 Å². The van der Waals surface area contributed by atoms with Gasteiger partial charge in [0.05, 0.1) is 4.88 Å². The van der Waals surface area contributed by atoms with Crippen molar-refractivity contribution in [2.45, 2.75) is 25.8 Å². The molecule has 0 aliphatic carbocycles. The van der Waals surface area contributed by atoms with Gasteiger partial charge in [-0.1, -0.05) is 18.2 Å². The van der Waals surface area contributed by atoms with E-state index in [9.17, 15) is 14.4 Å². The van der Waals surface area contributed by atoms with Crippen molar-refractivity contribution in [1.29, 1.82) is 0 Å². The number of hydrogen-bond acceptors (Lipinski definition) is 4. The van der Waals surface area contributed by atoms with Crippen LogP contribution in [-0.4, -0.2) is 34.4 Å². The van der Waals surface area contributed by atoms with Crippen LogP contribution < -0.4 is 10.9 Å². The molecule has 158 valence electrons. The van der Waals surface area contributed by atoms with Crippen molar-refractivity contribution >= 4 is 28.8 Å². The van der Waals surface area contributed by atoms with E-state index in [1.54, 1.807) is 6.07 Å². The van der Waals surface area contributed by atoms with Crippen LogP contribution in [0.15, 0.2) is 58.7 Å². The largest absolute Gasteiger partial charge is 0.337 e. The smallest absolute Gasteiger partial charge is 0.263 e. The van der Waals surface area contributed by atoms with Crippen molar-refractivity contribution < 1.29 is 9.59 Å². The van der Waals surface area contributed by atoms with Crippen LogP contribution in [0, 0.1) is 5.92 Å². The zero-order chi connectivity index (χ0) is 21.5. The first-order chi connectivity index (χ1) is 15.0. The van der Waals surface area contributed by atoms with Gasteiger partial charge in [0.2, 0.25) is 5.91 Å². The number of pyridine rings is 1. The van der Waals surface area contributed by atoms with Crippen LogP contribution in [0.3, 0.4) is 0 Å². The number of likely N-dealkylation sites (tertiary alicyclic amines) is 1. The zero-order valence-electron chi connectivity index (χ0n) is 17.2. The quantitative estimate of drug-likeness (QED) is 0.683. The molecule has 6 nitrogen and oxygen atoms in total. The summed E-state index contributed by atoms with van der Waals surface area (Å²) in [6.45, 7) is 3.43. The van der Waals surface area contributed by atoms with Crippen LogP contribution in [0.2, 0.25) is 0 Å². The van der Waals surface area contributed by atoms with Gasteiger partial charge in [-0.2, -0.15) is 0 Å². The standard InChI is InChI=1S/C24H23N3O3S/c1-15(28)25-19-6-4-17(5-7-19)20-8-9-22(29)27-13-16-11-18(23(20)27)14-26(12-16)24(30)21-3-2-10-31-21/h2-10,16,18H,11-14H2,1H3,(H,25,28). The van der Waals surface area contributed by atoms with Crippen molar-refractivity contribution in [3.63, 3.8) is 0 Å². The molecule has 5 rings (SSSR count). The van der Waals surface area contributed by atoms with Gasteiger partial charge in [-0.25, -0.2) is 0 Å². The lowest BCUT2D eigenvalue weighted by Crippen LogP contribution is -2.49. The van der Waals surface area contributed by atoms with Crippen molar-refractivity contribution in [1.82, 2.24) is 9.47 Å². The Hall–Kier alpha value is -3.19. The molecule has 1 fully saturated rings. The van der Waals surface area contributed by atoms with E-state index in [1.165, 1.54) is 18.3 Å². The zero-order valence-corrected chi connectivity index (χ0v) is 18.0. The Morgan fingerprint density at radius 3 is 2.55 bits per heavy atom. The molecule has 0 spiro atoms. The van der Waals surface area contributed by atoms with Crippen LogP contribution in [0.25, 0.3) is 11.1 Å². The highest BCUT2D eigenvalue weighted by atomic mass is 32.1. The number of fused-ring (bicyclic) bond motifs is 4. The molecule has 2 amide bonds. The summed E-state index contributed by atoms with van der Waals surface area (Å²) < 4.78 is 1.91. The molecule has 2 bridgehead atoms. The number of anilines is 1. The van der Waals surface area contributed by atoms with Gasteiger partial charge >= 0.3 is 0 Å². The molecule has 2 unspecified atom stereocenters. The monoisotopic (exact) mass is 433 g/mol. The second kappa shape index (κ2) is 7.81. The van der Waals surface area contributed by atoms with Gasteiger partial charge in [0.1, 0.15) is 0 Å². The summed E-state index contributed by atoms with van der Waals surface area (Å²) in [7, 11) is 0. The summed E-state index contributed by atoms with van der Waals surface area (Å²) in [5, 5.41) is 4.71. The summed E-state index contributed by atoms with van der Waals surface area (Å²) in [4.78, 5) is 39.7. The van der Waals surface area contributed by atoms with Gasteiger partial charge in [-0.15, -0.1) is 11.3 Å². The number of piperidine rings is 1. The summed E-state index contributed by atoms with van der Waals surface area (Å²) >= 11 is 1.47. The number of benzene rings is 1. The average Bonchev–Trinajstić information content (AvgIpc) is 3.29. The van der Waals surface area contributed by atoms with Crippen molar-refractivity contribution in [3.8, 4) is 11.1 Å². The highest BCUT2D eigenvalue weighted by Gasteiger charge is 2.38. The topological polar surface area (TPSA) is 71.4 Å². The Morgan fingerprint density at radius 1 is 1.03 bits per heavy atom. The Morgan fingerprint density at radius 2 is 1.84 bits per heavy atom. The number of hydrogen-bond donors (Lipinski definition) is 1. The SMILES string of the molecule is CC(=O)Nc1ccc(-c2ccc(=O)n3c2C2CC(CN(C(=O)c4cccs4)C2)C3)cc1. The van der Waals surface area contributed by atoms with Crippen molar-refractivity contribution in [2.24, 2.45) is 5.92 Å². The summed E-state index contributed by atoms with van der Waals surface area (Å²) in [6.07, 6.45) is 0.981. The molecule has 0 radical (unpaired) electrons. The van der Waals surface area contributed by atoms with E-state index in [0.29, 0.717) is 19.6 Å². The van der Waals surface area contributed by atoms with Gasteiger partial charge in [-0.05, 0) is 47.5 Å². The third-order valence-corrected chi connectivity index (χ3v) is 6.98. The maximum atomic E-state index is 13.0. The van der Waals surface area contributed by atoms with E-state index in [1.807, 2.05) is 57.3 Å². The molecule has 2 aliphatic heterocycles. The second-order valence-electron chi connectivity index (χ2n) is 8.33. The number of carbonyl (C=O) groups excluding carboxylic acids is 2. The van der Waals surface area contributed by atoms with E-state index < -0.39 is 0 Å². The maximum Gasteiger partial charge on any atom is 0.263 e. The van der Waals surface area contributed by atoms with Crippen LogP contribution >= 0.6 is 11.3 Å². The minimum absolute atomic E-state index is 0.0151. The van der Waals surface area contributed by atoms with Gasteiger partial charge < -0.3 is 14.8 Å². The molecule has 0 saturated carbocycles. The fourth-order valence-electron chi connectivity index (χ4n) is 4.92. The molecular formula is C24H23N3O3S. The first-order valence-electron chi connectivity index (χ1n) is 10.4. The molecule has 3 aromatic rings. The number of nitrogens with one attached hydrogen (secondary N) is 1. The van der Waals surface area contributed by atoms with Crippen molar-refractivity contribution in [2.75, 3.05) is 18.4 Å². The summed E-state index contributed by atoms with van der Waals surface area (Å²) in [6, 6.07) is 15.0. The van der Waals surface area contributed by atoms with E-state index in [-0.39, 0.29) is 29.2 Å². The molecule has 2 aromatic heterocycles. The van der Waals surface area contributed by atoms with Crippen molar-refractivity contribution in [3.05, 3.63) is 74.8 Å². The van der Waals surface area contributed by atoms with Crippen LogP contribution in [0.1, 0.15) is 34.6 Å². The fraction of sp³-hybridized carbons (Fsp3) is 0.292. The van der Waals surface area contributed by atoms with E-state index in [4.69, 9.17) is 0 Å². The Balaban J connectivity index is 1.51. The van der Waals surface area contributed by atoms with E-state index in [2.05, 4.69) is 5.32 Å². The predicted molar refractivity (Wildman–Crippen MR) is 122 cm³/mol. The van der Waals surface area contributed by atoms with E-state index in [0.717, 1.165) is 33.8 Å². The maximum absolute atomic E-state index is 13.0. The van der Waals surface area contributed by atoms with Crippen LogP contribution in [-0.2, 0) is 11.3 Å². The minimum Gasteiger partial charge on any atom is -0.337 e. The second-order valence-corrected chi connectivity index (χ2v) is 9.27. The lowest BCUT2D eigenvalue weighted by atomic mass is 9.80. The normalized spacial score (nSPS) is 19.6. The van der Waals surface area contributed by atoms with Crippen LogP contribution in [0.5, 0.6) is 0 Å². The first kappa shape index (κ1) is 19.8. The summed E-state index contributed by atoms with van der Waals surface area (Å²) in [5.74, 6) is 0.373. The molecule has 1 N–H and O–H groups in total. The van der Waals surface area contributed by atoms with Gasteiger partial charge in [0.25, 0.3) is 11.5 Å². The fourth-order valence-corrected chi connectivity index (χ4v) is 5.61. The Kier molecular flexibility index (Phi) is 4.98. The summed E-state index contributed by atoms with van der Waals surface area (Å²) in [5.41, 5.74) is 3.78. The molecule has 4 heterocycles. The minimum atomic E-state index is -0.111. The number of amides is 2. The number of nitrogens with zero attached hydrogens (tertiary/aromatic N) is 2. The predicted octanol–water partition coefficient (Wildman–Crippen LogP) is 3.79. The highest BCUT2D eigenvalue weighted by molar-refractivity contribution is 7.12. The molecule has 1 saturated heterocycles. The van der Waals surface area contributed by atoms with E-state index >= 15 is 0 Å². The molecule has 31 heavy (non-hydrogen) atoms. The Bertz CT molecular complexity index is 1200. The molecule has 1 aromatic carbocycles. The highest BCUT2D eigenvalue weighted by Crippen LogP contribution is 2.40. The third-order valence-electron chi connectivity index (χ3n) is 6.13. The lowest BCUT2D eigenvalue weighted by molar-refractivity contribution is -0.114. The number of carbonyl (C=O) groups is 2. The third kappa shape index (κ3) is 3.70. The lowest BCUT2D eigenvalue weighted by Gasteiger charge is -2.43. The number of rotatable bonds is 3. The molecular weight excluding hydrogens is 410 g/mol. The van der Waals surface area contributed by atoms with Gasteiger partial charge in [0.15, 0.2) is 0 Å². The number of thiophene rings is 1. The first-order valence-corrected chi connectivity index (χ1v) is 11.3. The van der Waals surface area contributed by atoms with Crippen LogP contribution in [0.4, 0.5) is 5.69 Å². The molecule has 2 atom stereocenters. The van der Waals surface area contributed by atoms with Gasteiger partial charge in [-0.3, -0.25) is 14.4 Å². The molecule has 2 aliphatic rings. The van der Waals surface area contributed by atoms with Gasteiger partial charge in [0, 0.05) is 55.5 Å². The average molecular weight is 434 g/mol.